The molecule has 1 aliphatic rings. The first-order chi connectivity index (χ1) is 9.13. The number of nitrogens with one attached hydrogen (secondary N) is 1. The predicted octanol–water partition coefficient (Wildman–Crippen LogP) is 1.07. The van der Waals surface area contributed by atoms with E-state index in [-0.39, 0.29) is 17.7 Å². The highest BCUT2D eigenvalue weighted by Gasteiger charge is 2.30. The van der Waals surface area contributed by atoms with Crippen molar-refractivity contribution in [2.45, 2.75) is 13.3 Å². The van der Waals surface area contributed by atoms with E-state index < -0.39 is 0 Å². The fourth-order valence-electron chi connectivity index (χ4n) is 2.36. The van der Waals surface area contributed by atoms with E-state index in [1.54, 1.807) is 11.0 Å². The number of carbonyl (C=O) groups excluding carboxylic acids is 2. The summed E-state index contributed by atoms with van der Waals surface area (Å²) in [6.07, 6.45) is 0.657. The molecule has 0 spiro atoms. The summed E-state index contributed by atoms with van der Waals surface area (Å²) in [5.74, 6) is -0.578. The van der Waals surface area contributed by atoms with Gasteiger partial charge in [-0.2, -0.15) is 0 Å². The molecular formula is C14H19N3O2. The van der Waals surface area contributed by atoms with Crippen molar-refractivity contribution in [1.82, 2.24) is 4.90 Å². The van der Waals surface area contributed by atoms with Gasteiger partial charge in [-0.15, -0.1) is 0 Å². The summed E-state index contributed by atoms with van der Waals surface area (Å²) < 4.78 is 0. The van der Waals surface area contributed by atoms with Crippen molar-refractivity contribution in [2.75, 3.05) is 25.0 Å². The Morgan fingerprint density at radius 2 is 2.16 bits per heavy atom. The van der Waals surface area contributed by atoms with Gasteiger partial charge in [0, 0.05) is 25.3 Å². The number of carbonyl (C=O) groups is 2. The molecule has 1 aliphatic heterocycles. The maximum Gasteiger partial charge on any atom is 0.255 e. The summed E-state index contributed by atoms with van der Waals surface area (Å²) in [4.78, 5) is 25.3. The predicted molar refractivity (Wildman–Crippen MR) is 73.8 cm³/mol. The van der Waals surface area contributed by atoms with Gasteiger partial charge in [0.05, 0.1) is 11.5 Å². The van der Waals surface area contributed by atoms with Crippen LogP contribution >= 0.6 is 0 Å². The van der Waals surface area contributed by atoms with Gasteiger partial charge in [0.2, 0.25) is 5.91 Å². The Bertz CT molecular complexity index is 487. The van der Waals surface area contributed by atoms with E-state index in [9.17, 15) is 9.59 Å². The number of anilines is 1. The monoisotopic (exact) mass is 261 g/mol. The standard InChI is InChI=1S/C14H19N3O2/c1-2-16-12-6-4-3-5-11(12)14(19)17-8-7-10(9-17)13(15)18/h3-6,10,16H,2,7-9H2,1H3,(H2,15,18). The number of rotatable bonds is 4. The normalized spacial score (nSPS) is 18.4. The van der Waals surface area contributed by atoms with Crippen molar-refractivity contribution in [1.29, 1.82) is 0 Å². The molecule has 3 N–H and O–H groups in total. The molecule has 0 aliphatic carbocycles. The lowest BCUT2D eigenvalue weighted by molar-refractivity contribution is -0.121. The molecule has 1 aromatic carbocycles. The Morgan fingerprint density at radius 3 is 2.79 bits per heavy atom. The lowest BCUT2D eigenvalue weighted by Gasteiger charge is -2.18. The highest BCUT2D eigenvalue weighted by Crippen LogP contribution is 2.22. The van der Waals surface area contributed by atoms with Crippen LogP contribution in [0.2, 0.25) is 0 Å². The van der Waals surface area contributed by atoms with Crippen molar-refractivity contribution in [3.63, 3.8) is 0 Å². The van der Waals surface area contributed by atoms with Gasteiger partial charge in [-0.1, -0.05) is 12.1 Å². The second-order valence-corrected chi connectivity index (χ2v) is 4.72. The van der Waals surface area contributed by atoms with E-state index in [1.165, 1.54) is 0 Å². The third-order valence-corrected chi connectivity index (χ3v) is 3.40. The van der Waals surface area contributed by atoms with E-state index >= 15 is 0 Å². The third kappa shape index (κ3) is 2.86. The number of nitrogens with zero attached hydrogens (tertiary/aromatic N) is 1. The smallest absolute Gasteiger partial charge is 0.255 e. The second-order valence-electron chi connectivity index (χ2n) is 4.72. The van der Waals surface area contributed by atoms with Gasteiger partial charge in [0.15, 0.2) is 0 Å². The molecule has 5 nitrogen and oxygen atoms in total. The summed E-state index contributed by atoms with van der Waals surface area (Å²) in [7, 11) is 0. The van der Waals surface area contributed by atoms with Gasteiger partial charge >= 0.3 is 0 Å². The molecule has 1 aromatic rings. The Labute approximate surface area is 112 Å². The van der Waals surface area contributed by atoms with Crippen LogP contribution in [0.4, 0.5) is 5.69 Å². The molecule has 1 heterocycles. The van der Waals surface area contributed by atoms with Crippen molar-refractivity contribution >= 4 is 17.5 Å². The first kappa shape index (κ1) is 13.4. The van der Waals surface area contributed by atoms with Crippen LogP contribution in [0.25, 0.3) is 0 Å². The number of amides is 2. The van der Waals surface area contributed by atoms with Crippen LogP contribution < -0.4 is 11.1 Å². The van der Waals surface area contributed by atoms with E-state index in [4.69, 9.17) is 5.73 Å². The Morgan fingerprint density at radius 1 is 1.42 bits per heavy atom. The van der Waals surface area contributed by atoms with E-state index in [0.29, 0.717) is 25.1 Å². The molecule has 102 valence electrons. The minimum absolute atomic E-state index is 0.0414. The van der Waals surface area contributed by atoms with Gasteiger partial charge in [-0.25, -0.2) is 0 Å². The molecule has 0 bridgehead atoms. The summed E-state index contributed by atoms with van der Waals surface area (Å²) >= 11 is 0. The minimum atomic E-state index is -0.324. The fourth-order valence-corrected chi connectivity index (χ4v) is 2.36. The number of benzene rings is 1. The van der Waals surface area contributed by atoms with Crippen LogP contribution in [0.15, 0.2) is 24.3 Å². The molecule has 5 heteroatoms. The zero-order valence-electron chi connectivity index (χ0n) is 11.1. The summed E-state index contributed by atoms with van der Waals surface area (Å²) in [6.45, 7) is 3.76. The van der Waals surface area contributed by atoms with Crippen LogP contribution in [-0.4, -0.2) is 36.3 Å². The maximum atomic E-state index is 12.4. The van der Waals surface area contributed by atoms with Crippen molar-refractivity contribution in [3.05, 3.63) is 29.8 Å². The minimum Gasteiger partial charge on any atom is -0.385 e. The maximum absolute atomic E-state index is 12.4. The first-order valence-electron chi connectivity index (χ1n) is 6.55. The zero-order valence-corrected chi connectivity index (χ0v) is 11.1. The Hall–Kier alpha value is -2.04. The molecule has 19 heavy (non-hydrogen) atoms. The average molecular weight is 261 g/mol. The molecular weight excluding hydrogens is 242 g/mol. The van der Waals surface area contributed by atoms with Crippen LogP contribution in [0.1, 0.15) is 23.7 Å². The molecule has 1 atom stereocenters. The number of likely N-dealkylation sites (tertiary alicyclic amines) is 1. The number of primary amides is 1. The molecule has 1 saturated heterocycles. The van der Waals surface area contributed by atoms with E-state index in [2.05, 4.69) is 5.32 Å². The molecule has 1 unspecified atom stereocenters. The number of para-hydroxylation sites is 1. The molecule has 2 amide bonds. The van der Waals surface area contributed by atoms with E-state index in [1.807, 2.05) is 25.1 Å². The first-order valence-corrected chi connectivity index (χ1v) is 6.55. The van der Waals surface area contributed by atoms with Crippen molar-refractivity contribution in [2.24, 2.45) is 11.7 Å². The summed E-state index contributed by atoms with van der Waals surface area (Å²) in [5, 5.41) is 3.18. The molecule has 2 rings (SSSR count). The van der Waals surface area contributed by atoms with Gasteiger partial charge in [-0.3, -0.25) is 9.59 Å². The summed E-state index contributed by atoms with van der Waals surface area (Å²) in [5.41, 5.74) is 6.77. The topological polar surface area (TPSA) is 75.4 Å². The largest absolute Gasteiger partial charge is 0.385 e. The van der Waals surface area contributed by atoms with Gasteiger partial charge in [-0.05, 0) is 25.5 Å². The van der Waals surface area contributed by atoms with Gasteiger partial charge in [0.25, 0.3) is 5.91 Å². The second kappa shape index (κ2) is 5.73. The van der Waals surface area contributed by atoms with Crippen LogP contribution in [-0.2, 0) is 4.79 Å². The van der Waals surface area contributed by atoms with Crippen molar-refractivity contribution < 1.29 is 9.59 Å². The fraction of sp³-hybridized carbons (Fsp3) is 0.429. The van der Waals surface area contributed by atoms with Gasteiger partial charge < -0.3 is 16.0 Å². The zero-order chi connectivity index (χ0) is 13.8. The molecule has 0 aromatic heterocycles. The number of hydrogen-bond acceptors (Lipinski definition) is 3. The lowest BCUT2D eigenvalue weighted by atomic mass is 10.1. The molecule has 0 saturated carbocycles. The van der Waals surface area contributed by atoms with Crippen molar-refractivity contribution in [3.8, 4) is 0 Å². The number of hydrogen-bond donors (Lipinski definition) is 2. The lowest BCUT2D eigenvalue weighted by Crippen LogP contribution is -2.32. The summed E-state index contributed by atoms with van der Waals surface area (Å²) in [6, 6.07) is 7.43. The molecule has 0 radical (unpaired) electrons. The van der Waals surface area contributed by atoms with Gasteiger partial charge in [0.1, 0.15) is 0 Å². The highest BCUT2D eigenvalue weighted by atomic mass is 16.2. The average Bonchev–Trinajstić information content (AvgIpc) is 2.89. The third-order valence-electron chi connectivity index (χ3n) is 3.40. The van der Waals surface area contributed by atoms with Crippen LogP contribution in [0, 0.1) is 5.92 Å². The quantitative estimate of drug-likeness (QED) is 0.851. The highest BCUT2D eigenvalue weighted by molar-refractivity contribution is 6.00. The molecule has 1 fully saturated rings. The Kier molecular flexibility index (Phi) is 4.04. The van der Waals surface area contributed by atoms with Crippen LogP contribution in [0.3, 0.4) is 0 Å². The number of nitrogens with two attached hydrogens (primary N) is 1. The SMILES string of the molecule is CCNc1ccccc1C(=O)N1CCC(C(N)=O)C1. The van der Waals surface area contributed by atoms with E-state index in [0.717, 1.165) is 12.2 Å². The Balaban J connectivity index is 2.14. The van der Waals surface area contributed by atoms with Crippen LogP contribution in [0.5, 0.6) is 0 Å².